The maximum Gasteiger partial charge on any atom is 0.193 e. The Bertz CT molecular complexity index is 641. The molecule has 1 aromatic rings. The minimum absolute atomic E-state index is 0.184. The lowest BCUT2D eigenvalue weighted by Crippen LogP contribution is -2.55. The molecule has 0 unspecified atom stereocenters. The first-order valence-corrected chi connectivity index (χ1v) is 10.9. The molecule has 1 aliphatic heterocycles. The third kappa shape index (κ3) is 5.02. The Kier molecular flexibility index (Phi) is 7.13. The Morgan fingerprint density at radius 3 is 2.52 bits per heavy atom. The fourth-order valence-electron chi connectivity index (χ4n) is 4.16. The largest absolute Gasteiger partial charge is 0.493 e. The number of rotatable bonds is 6. The number of ether oxygens (including phenoxy) is 2. The fourth-order valence-corrected chi connectivity index (χ4v) is 5.06. The van der Waals surface area contributed by atoms with E-state index in [1.807, 2.05) is 18.2 Å². The fraction of sp³-hybridized carbons (Fsp3) is 0.650. The van der Waals surface area contributed by atoms with E-state index in [1.54, 1.807) is 14.2 Å². The van der Waals surface area contributed by atoms with E-state index in [0.29, 0.717) is 17.5 Å². The highest BCUT2D eigenvalue weighted by Crippen LogP contribution is 2.35. The molecule has 3 N–H and O–H groups in total. The molecule has 0 radical (unpaired) electrons. The van der Waals surface area contributed by atoms with Gasteiger partial charge < -0.3 is 20.5 Å². The van der Waals surface area contributed by atoms with Crippen LogP contribution >= 0.6 is 11.8 Å². The van der Waals surface area contributed by atoms with Crippen molar-refractivity contribution in [1.82, 2.24) is 4.90 Å². The number of anilines is 1. The molecule has 2 fully saturated rings. The second-order valence-electron chi connectivity index (χ2n) is 7.28. The summed E-state index contributed by atoms with van der Waals surface area (Å²) in [5.41, 5.74) is 7.25. The van der Waals surface area contributed by atoms with Gasteiger partial charge in [-0.05, 0) is 25.0 Å². The normalized spacial score (nSPS) is 20.9. The van der Waals surface area contributed by atoms with Crippen LogP contribution in [-0.2, 0) is 0 Å². The van der Waals surface area contributed by atoms with Gasteiger partial charge in [-0.15, -0.1) is 0 Å². The van der Waals surface area contributed by atoms with Crippen LogP contribution in [0.3, 0.4) is 0 Å². The summed E-state index contributed by atoms with van der Waals surface area (Å²) >= 11 is 2.06. The molecular weight excluding hydrogens is 360 g/mol. The number of aliphatic imine (C=N–C) groups is 1. The molecule has 7 heteroatoms. The topological polar surface area (TPSA) is 72.1 Å². The summed E-state index contributed by atoms with van der Waals surface area (Å²) in [5.74, 6) is 4.28. The van der Waals surface area contributed by atoms with Crippen molar-refractivity contribution in [3.8, 4) is 11.5 Å². The average molecular weight is 393 g/mol. The first-order chi connectivity index (χ1) is 13.2. The molecule has 0 amide bonds. The van der Waals surface area contributed by atoms with Gasteiger partial charge in [-0.25, -0.2) is 0 Å². The molecular formula is C20H32N4O2S. The quantitative estimate of drug-likeness (QED) is 0.572. The molecule has 0 bridgehead atoms. The van der Waals surface area contributed by atoms with Gasteiger partial charge in [0.15, 0.2) is 17.5 Å². The second-order valence-corrected chi connectivity index (χ2v) is 8.51. The number of benzene rings is 1. The molecule has 0 atom stereocenters. The molecule has 1 saturated heterocycles. The van der Waals surface area contributed by atoms with Crippen molar-refractivity contribution in [2.75, 3.05) is 50.7 Å². The van der Waals surface area contributed by atoms with E-state index in [1.165, 1.54) is 56.7 Å². The lowest BCUT2D eigenvalue weighted by atomic mass is 9.80. The van der Waals surface area contributed by atoms with Crippen LogP contribution in [0, 0.1) is 0 Å². The van der Waals surface area contributed by atoms with Crippen LogP contribution in [0.2, 0.25) is 0 Å². The van der Waals surface area contributed by atoms with Crippen LogP contribution in [-0.4, -0.2) is 61.8 Å². The monoisotopic (exact) mass is 392 g/mol. The number of nitrogens with zero attached hydrogens (tertiary/aromatic N) is 2. The first kappa shape index (κ1) is 20.1. The summed E-state index contributed by atoms with van der Waals surface area (Å²) in [4.78, 5) is 7.43. The highest BCUT2D eigenvalue weighted by atomic mass is 32.2. The van der Waals surface area contributed by atoms with Crippen LogP contribution in [0.1, 0.15) is 32.1 Å². The Balaban J connectivity index is 1.68. The van der Waals surface area contributed by atoms with Crippen molar-refractivity contribution < 1.29 is 9.47 Å². The number of hydrogen-bond donors (Lipinski definition) is 2. The highest BCUT2D eigenvalue weighted by molar-refractivity contribution is 7.99. The molecule has 1 heterocycles. The molecule has 6 nitrogen and oxygen atoms in total. The summed E-state index contributed by atoms with van der Waals surface area (Å²) in [6, 6.07) is 5.66. The molecule has 1 aliphatic carbocycles. The number of nitrogens with one attached hydrogen (secondary N) is 1. The van der Waals surface area contributed by atoms with Crippen LogP contribution in [0.25, 0.3) is 0 Å². The number of thioether (sulfide) groups is 1. The van der Waals surface area contributed by atoms with Gasteiger partial charge in [-0.3, -0.25) is 9.89 Å². The number of hydrogen-bond acceptors (Lipinski definition) is 5. The Hall–Kier alpha value is -1.60. The zero-order valence-corrected chi connectivity index (χ0v) is 17.3. The van der Waals surface area contributed by atoms with Crippen LogP contribution in [0.15, 0.2) is 23.2 Å². The van der Waals surface area contributed by atoms with E-state index < -0.39 is 0 Å². The Morgan fingerprint density at radius 2 is 1.85 bits per heavy atom. The lowest BCUT2D eigenvalue weighted by Gasteiger charge is -2.47. The summed E-state index contributed by atoms with van der Waals surface area (Å²) in [7, 11) is 3.26. The van der Waals surface area contributed by atoms with Crippen molar-refractivity contribution in [3.05, 3.63) is 18.2 Å². The van der Waals surface area contributed by atoms with Crippen LogP contribution in [0.4, 0.5) is 5.69 Å². The zero-order chi connectivity index (χ0) is 19.1. The predicted molar refractivity (Wildman–Crippen MR) is 114 cm³/mol. The van der Waals surface area contributed by atoms with Gasteiger partial charge in [0, 0.05) is 41.9 Å². The van der Waals surface area contributed by atoms with E-state index in [0.717, 1.165) is 12.2 Å². The smallest absolute Gasteiger partial charge is 0.193 e. The Morgan fingerprint density at radius 1 is 1.15 bits per heavy atom. The van der Waals surface area contributed by atoms with Gasteiger partial charge in [0.05, 0.1) is 20.8 Å². The molecule has 1 saturated carbocycles. The van der Waals surface area contributed by atoms with Gasteiger partial charge in [0.1, 0.15) is 0 Å². The van der Waals surface area contributed by atoms with Gasteiger partial charge >= 0.3 is 0 Å². The van der Waals surface area contributed by atoms with Gasteiger partial charge in [-0.2, -0.15) is 11.8 Å². The second kappa shape index (κ2) is 9.55. The standard InChI is InChI=1S/C20H32N4O2S/c1-25-17-7-6-16(14-18(17)26-2)23-19(21)22-15-20(8-4-3-5-9-20)24-10-12-27-13-11-24/h6-7,14H,3-5,8-13,15H2,1-2H3,(H3,21,22,23). The van der Waals surface area contributed by atoms with Crippen molar-refractivity contribution in [2.45, 2.75) is 37.6 Å². The molecule has 150 valence electrons. The van der Waals surface area contributed by atoms with E-state index in [-0.39, 0.29) is 5.54 Å². The molecule has 0 spiro atoms. The zero-order valence-electron chi connectivity index (χ0n) is 16.5. The summed E-state index contributed by atoms with van der Waals surface area (Å²) < 4.78 is 10.6. The van der Waals surface area contributed by atoms with E-state index in [2.05, 4.69) is 22.0 Å². The third-order valence-corrected chi connectivity index (χ3v) is 6.61. The maximum atomic E-state index is 6.22. The Labute approximate surface area is 166 Å². The van der Waals surface area contributed by atoms with E-state index >= 15 is 0 Å². The number of nitrogens with two attached hydrogens (primary N) is 1. The van der Waals surface area contributed by atoms with Crippen LogP contribution in [0.5, 0.6) is 11.5 Å². The summed E-state index contributed by atoms with van der Waals surface area (Å²) in [6.07, 6.45) is 6.38. The molecule has 0 aromatic heterocycles. The van der Waals surface area contributed by atoms with E-state index in [9.17, 15) is 0 Å². The van der Waals surface area contributed by atoms with Crippen molar-refractivity contribution in [2.24, 2.45) is 10.7 Å². The average Bonchev–Trinajstić information content (AvgIpc) is 2.73. The first-order valence-electron chi connectivity index (χ1n) is 9.79. The van der Waals surface area contributed by atoms with Crippen molar-refractivity contribution in [3.63, 3.8) is 0 Å². The maximum absolute atomic E-state index is 6.22. The van der Waals surface area contributed by atoms with Gasteiger partial charge in [-0.1, -0.05) is 19.3 Å². The number of guanidine groups is 1. The summed E-state index contributed by atoms with van der Waals surface area (Å²) in [5, 5.41) is 3.20. The highest BCUT2D eigenvalue weighted by Gasteiger charge is 2.38. The molecule has 3 rings (SSSR count). The minimum atomic E-state index is 0.184. The summed E-state index contributed by atoms with van der Waals surface area (Å²) in [6.45, 7) is 3.11. The van der Waals surface area contributed by atoms with Gasteiger partial charge in [0.25, 0.3) is 0 Å². The molecule has 2 aliphatic rings. The SMILES string of the molecule is COc1ccc(NC(N)=NCC2(N3CCSCC3)CCCCC2)cc1OC. The van der Waals surface area contributed by atoms with E-state index in [4.69, 9.17) is 20.2 Å². The van der Waals surface area contributed by atoms with Gasteiger partial charge in [0.2, 0.25) is 0 Å². The van der Waals surface area contributed by atoms with Crippen molar-refractivity contribution in [1.29, 1.82) is 0 Å². The molecule has 27 heavy (non-hydrogen) atoms. The third-order valence-electron chi connectivity index (χ3n) is 5.67. The lowest BCUT2D eigenvalue weighted by molar-refractivity contribution is 0.0673. The minimum Gasteiger partial charge on any atom is -0.493 e. The van der Waals surface area contributed by atoms with Crippen molar-refractivity contribution >= 4 is 23.4 Å². The predicted octanol–water partition coefficient (Wildman–Crippen LogP) is 3.18. The molecule has 1 aromatic carbocycles. The van der Waals surface area contributed by atoms with Crippen LogP contribution < -0.4 is 20.5 Å². The number of methoxy groups -OCH3 is 2.